The van der Waals surface area contributed by atoms with E-state index in [1.165, 1.54) is 19.3 Å². The Labute approximate surface area is 161 Å². The van der Waals surface area contributed by atoms with Gasteiger partial charge in [0.25, 0.3) is 0 Å². The zero-order valence-corrected chi connectivity index (χ0v) is 16.6. The fourth-order valence-corrected chi connectivity index (χ4v) is 7.14. The summed E-state index contributed by atoms with van der Waals surface area (Å²) in [5.74, 6) is 1.38. The highest BCUT2D eigenvalue weighted by atomic mass is 32.2. The van der Waals surface area contributed by atoms with Crippen molar-refractivity contribution in [2.45, 2.75) is 62.3 Å². The first-order chi connectivity index (χ1) is 13.0. The van der Waals surface area contributed by atoms with Crippen LogP contribution in [0.25, 0.3) is 0 Å². The van der Waals surface area contributed by atoms with E-state index in [0.29, 0.717) is 31.2 Å². The molecule has 1 aromatic rings. The maximum Gasteiger partial charge on any atom is 0.241 e. The first-order valence-corrected chi connectivity index (χ1v) is 11.8. The zero-order valence-electron chi connectivity index (χ0n) is 15.8. The number of nitrogens with zero attached hydrogens (tertiary/aromatic N) is 2. The monoisotopic (exact) mass is 394 g/mol. The minimum atomic E-state index is -3.03. The Morgan fingerprint density at radius 2 is 2.00 bits per heavy atom. The fourth-order valence-electron chi connectivity index (χ4n) is 4.68. The summed E-state index contributed by atoms with van der Waals surface area (Å²) in [7, 11) is -3.03. The van der Waals surface area contributed by atoms with E-state index in [9.17, 15) is 13.2 Å². The van der Waals surface area contributed by atoms with Gasteiger partial charge in [-0.15, -0.1) is 0 Å². The molecule has 27 heavy (non-hydrogen) atoms. The molecular weight excluding hydrogens is 364 g/mol. The Kier molecular flexibility index (Phi) is 5.29. The zero-order chi connectivity index (χ0) is 18.9. The molecule has 1 saturated heterocycles. The molecule has 0 aromatic carbocycles. The predicted molar refractivity (Wildman–Crippen MR) is 103 cm³/mol. The van der Waals surface area contributed by atoms with Gasteiger partial charge in [0.05, 0.1) is 10.5 Å². The SMILES string of the molecule is O=C(Cn1cccn1)NCC1CC2(C1)CC(NCCC1CC1)CCS2(=O)=O. The van der Waals surface area contributed by atoms with Gasteiger partial charge in [0.2, 0.25) is 5.91 Å². The minimum Gasteiger partial charge on any atom is -0.354 e. The summed E-state index contributed by atoms with van der Waals surface area (Å²) in [5.41, 5.74) is 0. The fraction of sp³-hybridized carbons (Fsp3) is 0.789. The summed E-state index contributed by atoms with van der Waals surface area (Å²) in [6.45, 7) is 1.77. The van der Waals surface area contributed by atoms with Gasteiger partial charge >= 0.3 is 0 Å². The van der Waals surface area contributed by atoms with E-state index in [4.69, 9.17) is 0 Å². The summed E-state index contributed by atoms with van der Waals surface area (Å²) >= 11 is 0. The maximum absolute atomic E-state index is 12.7. The smallest absolute Gasteiger partial charge is 0.241 e. The molecule has 1 unspecified atom stereocenters. The number of carbonyl (C=O) groups excluding carboxylic acids is 1. The van der Waals surface area contributed by atoms with Gasteiger partial charge < -0.3 is 10.6 Å². The Hall–Kier alpha value is -1.41. The summed E-state index contributed by atoms with van der Waals surface area (Å²) in [5, 5.41) is 10.5. The molecule has 2 heterocycles. The van der Waals surface area contributed by atoms with E-state index in [0.717, 1.165) is 25.3 Å². The highest BCUT2D eigenvalue weighted by molar-refractivity contribution is 7.92. The first-order valence-electron chi connectivity index (χ1n) is 10.2. The number of carbonyl (C=O) groups is 1. The van der Waals surface area contributed by atoms with Gasteiger partial charge in [0.1, 0.15) is 6.54 Å². The van der Waals surface area contributed by atoms with Gasteiger partial charge in [-0.05, 0) is 56.6 Å². The molecule has 1 aromatic heterocycles. The molecule has 150 valence electrons. The number of aromatic nitrogens is 2. The molecule has 2 N–H and O–H groups in total. The van der Waals surface area contributed by atoms with Crippen molar-refractivity contribution in [2.24, 2.45) is 11.8 Å². The highest BCUT2D eigenvalue weighted by Gasteiger charge is 2.56. The molecular formula is C19H30N4O3S. The van der Waals surface area contributed by atoms with Crippen LogP contribution in [0.3, 0.4) is 0 Å². The number of amides is 1. The van der Waals surface area contributed by atoms with Crippen molar-refractivity contribution >= 4 is 15.7 Å². The van der Waals surface area contributed by atoms with E-state index in [2.05, 4.69) is 15.7 Å². The van der Waals surface area contributed by atoms with Crippen LogP contribution >= 0.6 is 0 Å². The Morgan fingerprint density at radius 3 is 2.70 bits per heavy atom. The molecule has 1 spiro atoms. The third-order valence-corrected chi connectivity index (χ3v) is 9.06. The van der Waals surface area contributed by atoms with E-state index >= 15 is 0 Å². The Morgan fingerprint density at radius 1 is 1.19 bits per heavy atom. The number of hydrogen-bond acceptors (Lipinski definition) is 5. The molecule has 0 bridgehead atoms. The topological polar surface area (TPSA) is 93.1 Å². The second kappa shape index (κ2) is 7.54. The van der Waals surface area contributed by atoms with E-state index in [1.54, 1.807) is 23.1 Å². The van der Waals surface area contributed by atoms with Crippen molar-refractivity contribution in [2.75, 3.05) is 18.8 Å². The molecule has 3 aliphatic rings. The van der Waals surface area contributed by atoms with Crippen LogP contribution in [0.1, 0.15) is 44.9 Å². The Bertz CT molecular complexity index is 752. The lowest BCUT2D eigenvalue weighted by molar-refractivity contribution is -0.122. The molecule has 3 fully saturated rings. The molecule has 1 amide bonds. The van der Waals surface area contributed by atoms with Gasteiger partial charge in [0.15, 0.2) is 9.84 Å². The molecule has 4 rings (SSSR count). The van der Waals surface area contributed by atoms with Gasteiger partial charge in [-0.1, -0.05) is 12.8 Å². The van der Waals surface area contributed by atoms with Crippen LogP contribution in [0.2, 0.25) is 0 Å². The summed E-state index contributed by atoms with van der Waals surface area (Å²) in [6.07, 6.45) is 10.2. The molecule has 2 aliphatic carbocycles. The van der Waals surface area contributed by atoms with Crippen molar-refractivity contribution in [1.29, 1.82) is 0 Å². The minimum absolute atomic E-state index is 0.0780. The third kappa shape index (κ3) is 4.37. The normalized spacial score (nSPS) is 32.1. The second-order valence-electron chi connectivity index (χ2n) is 8.66. The van der Waals surface area contributed by atoms with Crippen molar-refractivity contribution in [1.82, 2.24) is 20.4 Å². The van der Waals surface area contributed by atoms with E-state index < -0.39 is 14.6 Å². The first kappa shape index (κ1) is 18.9. The van der Waals surface area contributed by atoms with Crippen molar-refractivity contribution in [3.05, 3.63) is 18.5 Å². The number of hydrogen-bond donors (Lipinski definition) is 2. The van der Waals surface area contributed by atoms with E-state index in [1.807, 2.05) is 0 Å². The third-order valence-electron chi connectivity index (χ3n) is 6.47. The quantitative estimate of drug-likeness (QED) is 0.689. The van der Waals surface area contributed by atoms with Gasteiger partial charge in [-0.25, -0.2) is 8.42 Å². The molecule has 1 aliphatic heterocycles. The molecule has 2 saturated carbocycles. The van der Waals surface area contributed by atoms with Crippen LogP contribution in [0.5, 0.6) is 0 Å². The van der Waals surface area contributed by atoms with Crippen LogP contribution in [-0.4, -0.2) is 53.7 Å². The summed E-state index contributed by atoms with van der Waals surface area (Å²) < 4.78 is 26.4. The van der Waals surface area contributed by atoms with Crippen LogP contribution in [0.15, 0.2) is 18.5 Å². The lowest BCUT2D eigenvalue weighted by atomic mass is 9.70. The average Bonchev–Trinajstić information content (AvgIpc) is 3.27. The number of rotatable bonds is 8. The largest absolute Gasteiger partial charge is 0.354 e. The van der Waals surface area contributed by atoms with Gasteiger partial charge in [-0.2, -0.15) is 5.10 Å². The van der Waals surface area contributed by atoms with Crippen LogP contribution in [-0.2, 0) is 21.2 Å². The molecule has 7 nitrogen and oxygen atoms in total. The van der Waals surface area contributed by atoms with Crippen LogP contribution in [0, 0.1) is 11.8 Å². The maximum atomic E-state index is 12.7. The van der Waals surface area contributed by atoms with Gasteiger partial charge in [0, 0.05) is 25.0 Å². The lowest BCUT2D eigenvalue weighted by Crippen LogP contribution is -2.59. The van der Waals surface area contributed by atoms with E-state index in [-0.39, 0.29) is 18.4 Å². The Balaban J connectivity index is 1.23. The summed E-state index contributed by atoms with van der Waals surface area (Å²) in [6, 6.07) is 2.11. The average molecular weight is 395 g/mol. The van der Waals surface area contributed by atoms with Gasteiger partial charge in [-0.3, -0.25) is 9.48 Å². The molecule has 0 radical (unpaired) electrons. The molecule has 8 heteroatoms. The standard InChI is InChI=1S/C19H30N4O3S/c24-18(14-23-8-1-6-22-23)21-13-16-10-19(11-16)12-17(5-9-27(19,25)26)20-7-4-15-2-3-15/h1,6,8,15-17,20H,2-5,7,9-14H2,(H,21,24). The second-order valence-corrected chi connectivity index (χ2v) is 11.2. The van der Waals surface area contributed by atoms with Crippen molar-refractivity contribution in [3.63, 3.8) is 0 Å². The van der Waals surface area contributed by atoms with Crippen LogP contribution < -0.4 is 10.6 Å². The number of sulfone groups is 1. The summed E-state index contributed by atoms with van der Waals surface area (Å²) in [4.78, 5) is 12.0. The number of nitrogens with one attached hydrogen (secondary N) is 2. The highest BCUT2D eigenvalue weighted by Crippen LogP contribution is 2.49. The van der Waals surface area contributed by atoms with Crippen molar-refractivity contribution < 1.29 is 13.2 Å². The lowest BCUT2D eigenvalue weighted by Gasteiger charge is -2.51. The predicted octanol–water partition coefficient (Wildman–Crippen LogP) is 1.12. The van der Waals surface area contributed by atoms with Crippen LogP contribution in [0.4, 0.5) is 0 Å². The molecule has 1 atom stereocenters. The van der Waals surface area contributed by atoms with Crippen molar-refractivity contribution in [3.8, 4) is 0 Å².